The Bertz CT molecular complexity index is 223. The standard InChI is InChI=1S/C8H17NO2S/c1-2-3-5-9-8-4-6-12(10,11)7-8/h8-9H,2-7H2,1H3/p+1/t8-/m0/s1. The van der Waals surface area contributed by atoms with Gasteiger partial charge in [-0.05, 0) is 6.42 Å². The second-order valence-corrected chi connectivity index (χ2v) is 5.77. The highest BCUT2D eigenvalue weighted by Crippen LogP contribution is 2.07. The molecule has 4 heteroatoms. The summed E-state index contributed by atoms with van der Waals surface area (Å²) >= 11 is 0. The molecule has 1 aliphatic heterocycles. The Morgan fingerprint density at radius 2 is 2.25 bits per heavy atom. The lowest BCUT2D eigenvalue weighted by Crippen LogP contribution is -2.90. The van der Waals surface area contributed by atoms with Gasteiger partial charge in [-0.2, -0.15) is 0 Å². The number of nitrogens with two attached hydrogens (primary N) is 1. The molecule has 3 nitrogen and oxygen atoms in total. The lowest BCUT2D eigenvalue weighted by atomic mass is 10.2. The van der Waals surface area contributed by atoms with Crippen molar-refractivity contribution in [2.24, 2.45) is 0 Å². The maximum atomic E-state index is 11.1. The molecule has 0 amide bonds. The van der Waals surface area contributed by atoms with E-state index in [4.69, 9.17) is 0 Å². The summed E-state index contributed by atoms with van der Waals surface area (Å²) in [4.78, 5) is 0. The molecule has 2 N–H and O–H groups in total. The fourth-order valence-electron chi connectivity index (χ4n) is 1.57. The van der Waals surface area contributed by atoms with Gasteiger partial charge in [0.2, 0.25) is 0 Å². The highest BCUT2D eigenvalue weighted by atomic mass is 32.2. The molecule has 0 bridgehead atoms. The quantitative estimate of drug-likeness (QED) is 0.613. The molecule has 1 aliphatic rings. The molecule has 0 unspecified atom stereocenters. The van der Waals surface area contributed by atoms with Gasteiger partial charge in [0.15, 0.2) is 9.84 Å². The fourth-order valence-corrected chi connectivity index (χ4v) is 3.35. The van der Waals surface area contributed by atoms with Crippen LogP contribution in [0, 0.1) is 0 Å². The molecular formula is C8H18NO2S+. The third kappa shape index (κ3) is 3.11. The van der Waals surface area contributed by atoms with E-state index < -0.39 is 9.84 Å². The Kier molecular flexibility index (Phi) is 3.53. The van der Waals surface area contributed by atoms with E-state index in [1.54, 1.807) is 0 Å². The van der Waals surface area contributed by atoms with Gasteiger partial charge < -0.3 is 5.32 Å². The van der Waals surface area contributed by atoms with Gasteiger partial charge in [-0.1, -0.05) is 13.3 Å². The molecule has 0 aromatic rings. The fraction of sp³-hybridized carbons (Fsp3) is 1.00. The lowest BCUT2D eigenvalue weighted by molar-refractivity contribution is -0.684. The summed E-state index contributed by atoms with van der Waals surface area (Å²) in [6.07, 6.45) is 3.23. The summed E-state index contributed by atoms with van der Waals surface area (Å²) in [5, 5.41) is 2.19. The van der Waals surface area contributed by atoms with Crippen LogP contribution in [0.25, 0.3) is 0 Å². The third-order valence-electron chi connectivity index (χ3n) is 2.33. The topological polar surface area (TPSA) is 50.8 Å². The minimum atomic E-state index is -2.66. The van der Waals surface area contributed by atoms with Gasteiger partial charge in [0, 0.05) is 6.42 Å². The van der Waals surface area contributed by atoms with Crippen LogP contribution in [0.5, 0.6) is 0 Å². The Morgan fingerprint density at radius 1 is 1.50 bits per heavy atom. The van der Waals surface area contributed by atoms with Crippen molar-refractivity contribution in [3.63, 3.8) is 0 Å². The normalized spacial score (nSPS) is 27.6. The first-order valence-corrected chi connectivity index (χ1v) is 6.50. The van der Waals surface area contributed by atoms with Crippen LogP contribution in [0.1, 0.15) is 26.2 Å². The molecule has 0 aromatic carbocycles. The second-order valence-electron chi connectivity index (χ2n) is 3.54. The van der Waals surface area contributed by atoms with Gasteiger partial charge in [-0.25, -0.2) is 8.42 Å². The van der Waals surface area contributed by atoms with Crippen LogP contribution < -0.4 is 5.32 Å². The predicted octanol–water partition coefficient (Wildman–Crippen LogP) is -0.463. The SMILES string of the molecule is CCCC[NH2+][C@H]1CCS(=O)(=O)C1. The van der Waals surface area contributed by atoms with Crippen LogP contribution in [0.2, 0.25) is 0 Å². The van der Waals surface area contributed by atoms with Crippen LogP contribution in [-0.2, 0) is 9.84 Å². The molecule has 1 rings (SSSR count). The van der Waals surface area contributed by atoms with Crippen molar-refractivity contribution in [3.8, 4) is 0 Å². The van der Waals surface area contributed by atoms with E-state index in [-0.39, 0.29) is 0 Å². The maximum absolute atomic E-state index is 11.1. The first-order valence-electron chi connectivity index (χ1n) is 4.68. The average molecular weight is 192 g/mol. The zero-order valence-corrected chi connectivity index (χ0v) is 8.44. The van der Waals surface area contributed by atoms with Crippen LogP contribution >= 0.6 is 0 Å². The van der Waals surface area contributed by atoms with E-state index >= 15 is 0 Å². The van der Waals surface area contributed by atoms with Gasteiger partial charge in [0.25, 0.3) is 0 Å². The highest BCUT2D eigenvalue weighted by molar-refractivity contribution is 7.91. The highest BCUT2D eigenvalue weighted by Gasteiger charge is 2.29. The monoisotopic (exact) mass is 192 g/mol. The van der Waals surface area contributed by atoms with E-state index in [2.05, 4.69) is 12.2 Å². The number of rotatable bonds is 4. The second kappa shape index (κ2) is 4.23. The summed E-state index contributed by atoms with van der Waals surface area (Å²) in [7, 11) is -2.66. The van der Waals surface area contributed by atoms with Gasteiger partial charge in [0.1, 0.15) is 11.8 Å². The molecule has 0 aliphatic carbocycles. The molecule has 1 atom stereocenters. The van der Waals surface area contributed by atoms with Crippen molar-refractivity contribution >= 4 is 9.84 Å². The summed E-state index contributed by atoms with van der Waals surface area (Å²) < 4.78 is 22.1. The zero-order valence-electron chi connectivity index (χ0n) is 7.62. The first kappa shape index (κ1) is 9.99. The lowest BCUT2D eigenvalue weighted by Gasteiger charge is -2.05. The molecule has 0 aromatic heterocycles. The van der Waals surface area contributed by atoms with Gasteiger partial charge in [0.05, 0.1) is 12.3 Å². The van der Waals surface area contributed by atoms with Crippen molar-refractivity contribution < 1.29 is 13.7 Å². The van der Waals surface area contributed by atoms with Crippen molar-refractivity contribution in [3.05, 3.63) is 0 Å². The number of unbranched alkanes of at least 4 members (excludes halogenated alkanes) is 1. The van der Waals surface area contributed by atoms with E-state index in [1.165, 1.54) is 12.8 Å². The maximum Gasteiger partial charge on any atom is 0.156 e. The van der Waals surface area contributed by atoms with Gasteiger partial charge >= 0.3 is 0 Å². The molecule has 0 radical (unpaired) electrons. The van der Waals surface area contributed by atoms with Crippen LogP contribution in [0.15, 0.2) is 0 Å². The molecule has 1 saturated heterocycles. The van der Waals surface area contributed by atoms with Crippen molar-refractivity contribution in [1.29, 1.82) is 0 Å². The molecule has 12 heavy (non-hydrogen) atoms. The van der Waals surface area contributed by atoms with Crippen LogP contribution in [-0.4, -0.2) is 32.5 Å². The molecule has 72 valence electrons. The number of sulfone groups is 1. The van der Waals surface area contributed by atoms with Crippen molar-refractivity contribution in [2.45, 2.75) is 32.2 Å². The first-order chi connectivity index (χ1) is 5.64. The minimum Gasteiger partial charge on any atom is -0.343 e. The summed E-state index contributed by atoms with van der Waals surface area (Å²) in [6, 6.07) is 0.349. The van der Waals surface area contributed by atoms with E-state index in [1.807, 2.05) is 0 Å². The number of quaternary nitrogens is 1. The van der Waals surface area contributed by atoms with Crippen molar-refractivity contribution in [2.75, 3.05) is 18.1 Å². The van der Waals surface area contributed by atoms with Gasteiger partial charge in [-0.15, -0.1) is 0 Å². The van der Waals surface area contributed by atoms with Crippen LogP contribution in [0.4, 0.5) is 0 Å². The Hall–Kier alpha value is -0.0900. The van der Waals surface area contributed by atoms with Crippen LogP contribution in [0.3, 0.4) is 0 Å². The largest absolute Gasteiger partial charge is 0.343 e. The molecular weight excluding hydrogens is 174 g/mol. The van der Waals surface area contributed by atoms with Crippen molar-refractivity contribution in [1.82, 2.24) is 0 Å². The smallest absolute Gasteiger partial charge is 0.156 e. The molecule has 1 heterocycles. The van der Waals surface area contributed by atoms with E-state index in [9.17, 15) is 8.42 Å². The average Bonchev–Trinajstić information content (AvgIpc) is 2.31. The van der Waals surface area contributed by atoms with E-state index in [0.29, 0.717) is 17.5 Å². The Balaban J connectivity index is 2.20. The summed E-state index contributed by atoms with van der Waals surface area (Å²) in [6.45, 7) is 3.23. The number of hydrogen-bond donors (Lipinski definition) is 1. The van der Waals surface area contributed by atoms with Gasteiger partial charge in [-0.3, -0.25) is 0 Å². The molecule has 0 saturated carbocycles. The summed E-state index contributed by atoms with van der Waals surface area (Å²) in [5.74, 6) is 0.803. The van der Waals surface area contributed by atoms with E-state index in [0.717, 1.165) is 13.0 Å². The zero-order chi connectivity index (χ0) is 9.03. The molecule has 1 fully saturated rings. The Morgan fingerprint density at radius 3 is 2.75 bits per heavy atom. The Labute approximate surface area is 74.5 Å². The minimum absolute atomic E-state index is 0.349. The third-order valence-corrected chi connectivity index (χ3v) is 4.12. The molecule has 0 spiro atoms. The summed E-state index contributed by atoms with van der Waals surface area (Å²) in [5.41, 5.74) is 0. The number of hydrogen-bond acceptors (Lipinski definition) is 2. The predicted molar refractivity (Wildman–Crippen MR) is 48.8 cm³/mol.